The zero-order valence-corrected chi connectivity index (χ0v) is 10.1. The maximum absolute atomic E-state index is 11.7. The minimum Gasteiger partial charge on any atom is -0.332 e. The van der Waals surface area contributed by atoms with Gasteiger partial charge in [0.2, 0.25) is 5.91 Å². The summed E-state index contributed by atoms with van der Waals surface area (Å²) < 4.78 is 0. The van der Waals surface area contributed by atoms with E-state index < -0.39 is 0 Å². The average Bonchev–Trinajstić information content (AvgIpc) is 2.24. The molecule has 0 aliphatic rings. The molecule has 0 saturated carbocycles. The molecule has 0 bridgehead atoms. The number of hydrogen-bond donors (Lipinski definition) is 0. The lowest BCUT2D eigenvalue weighted by molar-refractivity contribution is -0.127. The van der Waals surface area contributed by atoms with Crippen LogP contribution in [0, 0.1) is 0 Å². The molecule has 2 nitrogen and oxygen atoms in total. The van der Waals surface area contributed by atoms with Gasteiger partial charge < -0.3 is 4.90 Å². The maximum Gasteiger partial charge on any atom is 0.246 e. The number of hydrogen-bond acceptors (Lipinski definition) is 1. The molecule has 0 saturated heterocycles. The van der Waals surface area contributed by atoms with Gasteiger partial charge in [-0.3, -0.25) is 4.79 Å². The predicted octanol–water partition coefficient (Wildman–Crippen LogP) is 3.10. The fourth-order valence-electron chi connectivity index (χ4n) is 1.53. The molecule has 0 aliphatic heterocycles. The average molecular weight is 219 g/mol. The monoisotopic (exact) mass is 219 g/mol. The highest BCUT2D eigenvalue weighted by atomic mass is 16.2. The van der Waals surface area contributed by atoms with Crippen molar-refractivity contribution in [3.8, 4) is 0 Å². The highest BCUT2D eigenvalue weighted by molar-refractivity contribution is 5.87. The molecule has 0 unspecified atom stereocenters. The fraction of sp³-hybridized carbons (Fsp3) is 0.357. The number of rotatable bonds is 8. The molecular formula is C14H21NO. The van der Waals surface area contributed by atoms with Gasteiger partial charge in [-0.1, -0.05) is 30.9 Å². The van der Waals surface area contributed by atoms with Gasteiger partial charge in [-0.2, -0.15) is 0 Å². The first-order valence-corrected chi connectivity index (χ1v) is 5.36. The summed E-state index contributed by atoms with van der Waals surface area (Å²) in [5.74, 6) is -0.0725. The van der Waals surface area contributed by atoms with Crippen molar-refractivity contribution in [3.63, 3.8) is 0 Å². The summed E-state index contributed by atoms with van der Waals surface area (Å²) >= 11 is 0. The standard InChI is InChI=1S/C14H21NO/c1-6-9-13(10-7-2)15(11-12(4)5)14(16)8-3/h6-8,13H,1-4,9-11H2,5H3. The molecule has 0 aromatic carbocycles. The predicted molar refractivity (Wildman–Crippen MR) is 70.1 cm³/mol. The first-order chi connectivity index (χ1) is 7.56. The zero-order chi connectivity index (χ0) is 12.6. The van der Waals surface area contributed by atoms with Gasteiger partial charge in [0.1, 0.15) is 0 Å². The smallest absolute Gasteiger partial charge is 0.246 e. The molecular weight excluding hydrogens is 198 g/mol. The maximum atomic E-state index is 11.7. The topological polar surface area (TPSA) is 20.3 Å². The minimum atomic E-state index is -0.0725. The second-order valence-corrected chi connectivity index (χ2v) is 3.83. The van der Waals surface area contributed by atoms with E-state index >= 15 is 0 Å². The van der Waals surface area contributed by atoms with Crippen molar-refractivity contribution in [2.45, 2.75) is 25.8 Å². The lowest BCUT2D eigenvalue weighted by atomic mass is 10.1. The largest absolute Gasteiger partial charge is 0.332 e. The Kier molecular flexibility index (Phi) is 6.93. The normalized spacial score (nSPS) is 9.62. The van der Waals surface area contributed by atoms with Crippen molar-refractivity contribution in [1.29, 1.82) is 0 Å². The first-order valence-electron chi connectivity index (χ1n) is 5.36. The van der Waals surface area contributed by atoms with Crippen LogP contribution in [0.25, 0.3) is 0 Å². The molecule has 0 radical (unpaired) electrons. The Balaban J connectivity index is 4.84. The molecule has 0 heterocycles. The van der Waals surface area contributed by atoms with Gasteiger partial charge in [0.05, 0.1) is 0 Å². The third-order valence-electron chi connectivity index (χ3n) is 2.22. The lowest BCUT2D eigenvalue weighted by Gasteiger charge is -2.30. The highest BCUT2D eigenvalue weighted by Gasteiger charge is 2.19. The van der Waals surface area contributed by atoms with Gasteiger partial charge >= 0.3 is 0 Å². The molecule has 2 heteroatoms. The van der Waals surface area contributed by atoms with Crippen LogP contribution in [0.2, 0.25) is 0 Å². The Morgan fingerprint density at radius 1 is 1.25 bits per heavy atom. The van der Waals surface area contributed by atoms with Crippen molar-refractivity contribution in [1.82, 2.24) is 4.90 Å². The van der Waals surface area contributed by atoms with Gasteiger partial charge in [0.25, 0.3) is 0 Å². The molecule has 0 fully saturated rings. The van der Waals surface area contributed by atoms with Crippen LogP contribution in [-0.4, -0.2) is 23.4 Å². The summed E-state index contributed by atoms with van der Waals surface area (Å²) in [5, 5.41) is 0. The molecule has 0 N–H and O–H groups in total. The highest BCUT2D eigenvalue weighted by Crippen LogP contribution is 2.13. The Morgan fingerprint density at radius 3 is 2.06 bits per heavy atom. The molecule has 0 aliphatic carbocycles. The van der Waals surface area contributed by atoms with E-state index in [0.717, 1.165) is 18.4 Å². The first kappa shape index (κ1) is 14.4. The summed E-state index contributed by atoms with van der Waals surface area (Å²) in [6.07, 6.45) is 6.46. The Hall–Kier alpha value is -1.57. The summed E-state index contributed by atoms with van der Waals surface area (Å²) in [6.45, 7) is 17.2. The van der Waals surface area contributed by atoms with Crippen LogP contribution in [0.1, 0.15) is 19.8 Å². The quantitative estimate of drug-likeness (QED) is 0.454. The van der Waals surface area contributed by atoms with Gasteiger partial charge in [-0.15, -0.1) is 13.2 Å². The van der Waals surface area contributed by atoms with Crippen LogP contribution in [0.4, 0.5) is 0 Å². The van der Waals surface area contributed by atoms with E-state index in [1.807, 2.05) is 19.1 Å². The Bertz CT molecular complexity index is 281. The summed E-state index contributed by atoms with van der Waals surface area (Å²) in [4.78, 5) is 13.5. The van der Waals surface area contributed by atoms with Crippen LogP contribution in [0.5, 0.6) is 0 Å². The number of carbonyl (C=O) groups is 1. The SMILES string of the molecule is C=CCC(CC=C)N(CC(=C)C)C(=O)C=C. The van der Waals surface area contributed by atoms with Gasteiger partial charge in [0.15, 0.2) is 0 Å². The van der Waals surface area contributed by atoms with Crippen LogP contribution in [0.3, 0.4) is 0 Å². The van der Waals surface area contributed by atoms with Gasteiger partial charge in [-0.25, -0.2) is 0 Å². The Morgan fingerprint density at radius 2 is 1.75 bits per heavy atom. The van der Waals surface area contributed by atoms with Crippen molar-refractivity contribution < 1.29 is 4.79 Å². The Labute approximate surface area is 98.6 Å². The van der Waals surface area contributed by atoms with Crippen molar-refractivity contribution in [3.05, 3.63) is 50.1 Å². The second-order valence-electron chi connectivity index (χ2n) is 3.83. The van der Waals surface area contributed by atoms with E-state index in [1.54, 1.807) is 4.90 Å². The van der Waals surface area contributed by atoms with E-state index in [2.05, 4.69) is 26.3 Å². The van der Waals surface area contributed by atoms with Crippen LogP contribution >= 0.6 is 0 Å². The zero-order valence-electron chi connectivity index (χ0n) is 10.1. The molecule has 1 amide bonds. The molecule has 0 aromatic heterocycles. The van der Waals surface area contributed by atoms with E-state index in [9.17, 15) is 4.79 Å². The summed E-state index contributed by atoms with van der Waals surface area (Å²) in [6, 6.07) is 0.0946. The molecule has 88 valence electrons. The van der Waals surface area contributed by atoms with E-state index in [-0.39, 0.29) is 11.9 Å². The lowest BCUT2D eigenvalue weighted by Crippen LogP contribution is -2.39. The van der Waals surface area contributed by atoms with Crippen LogP contribution < -0.4 is 0 Å². The van der Waals surface area contributed by atoms with Gasteiger partial charge in [-0.05, 0) is 25.8 Å². The molecule has 16 heavy (non-hydrogen) atoms. The molecule has 0 spiro atoms. The van der Waals surface area contributed by atoms with E-state index in [4.69, 9.17) is 0 Å². The number of carbonyl (C=O) groups excluding carboxylic acids is 1. The minimum absolute atomic E-state index is 0.0725. The summed E-state index contributed by atoms with van der Waals surface area (Å²) in [7, 11) is 0. The second kappa shape index (κ2) is 7.69. The number of nitrogens with zero attached hydrogens (tertiary/aromatic N) is 1. The molecule has 0 atom stereocenters. The van der Waals surface area contributed by atoms with Crippen LogP contribution in [0.15, 0.2) is 50.1 Å². The third-order valence-corrected chi connectivity index (χ3v) is 2.22. The van der Waals surface area contributed by atoms with Crippen molar-refractivity contribution in [2.24, 2.45) is 0 Å². The van der Waals surface area contributed by atoms with Crippen molar-refractivity contribution >= 4 is 5.91 Å². The van der Waals surface area contributed by atoms with E-state index in [0.29, 0.717) is 6.54 Å². The number of amides is 1. The molecule has 0 aromatic rings. The summed E-state index contributed by atoms with van der Waals surface area (Å²) in [5.41, 5.74) is 0.952. The van der Waals surface area contributed by atoms with Crippen molar-refractivity contribution in [2.75, 3.05) is 6.54 Å². The van der Waals surface area contributed by atoms with Gasteiger partial charge in [0, 0.05) is 12.6 Å². The van der Waals surface area contributed by atoms with Crippen LogP contribution in [-0.2, 0) is 4.79 Å². The molecule has 0 rings (SSSR count). The third kappa shape index (κ3) is 4.78. The van der Waals surface area contributed by atoms with E-state index in [1.165, 1.54) is 6.08 Å². The fourth-order valence-corrected chi connectivity index (χ4v) is 1.53.